The molecule has 110 valence electrons. The van der Waals surface area contributed by atoms with E-state index in [9.17, 15) is 13.2 Å². The summed E-state index contributed by atoms with van der Waals surface area (Å²) in [6.07, 6.45) is -4.12. The number of hydrogen-bond acceptors (Lipinski definition) is 2. The molecule has 0 bridgehead atoms. The smallest absolute Gasteiger partial charge is 0.316 e. The fourth-order valence-corrected chi connectivity index (χ4v) is 1.90. The molecule has 0 amide bonds. The first-order valence-electron chi connectivity index (χ1n) is 6.68. The van der Waals surface area contributed by atoms with Crippen LogP contribution in [0.1, 0.15) is 34.6 Å². The fraction of sp³-hybridized carbons (Fsp3) is 1.00. The van der Waals surface area contributed by atoms with E-state index in [2.05, 4.69) is 19.2 Å². The molecule has 1 N–H and O–H groups in total. The van der Waals surface area contributed by atoms with Gasteiger partial charge in [-0.2, -0.15) is 13.2 Å². The third-order valence-electron chi connectivity index (χ3n) is 3.21. The molecule has 0 aromatic carbocycles. The number of rotatable bonds is 8. The molecule has 0 saturated carbocycles. The summed E-state index contributed by atoms with van der Waals surface area (Å²) in [7, 11) is 0. The number of nitrogens with one attached hydrogen (secondary N) is 1. The van der Waals surface area contributed by atoms with Crippen molar-refractivity contribution in [2.24, 2.45) is 11.8 Å². The SMILES string of the molecule is CCN(CC(F)(F)F)C(C)C(C)CNCC(C)C. The maximum absolute atomic E-state index is 12.4. The van der Waals surface area contributed by atoms with Crippen LogP contribution < -0.4 is 5.32 Å². The molecule has 0 aliphatic heterocycles. The van der Waals surface area contributed by atoms with Gasteiger partial charge in [0, 0.05) is 6.04 Å². The molecule has 5 heteroatoms. The van der Waals surface area contributed by atoms with Crippen LogP contribution in [0.2, 0.25) is 0 Å². The summed E-state index contributed by atoms with van der Waals surface area (Å²) >= 11 is 0. The molecule has 0 fully saturated rings. The van der Waals surface area contributed by atoms with Crippen LogP contribution in [0.3, 0.4) is 0 Å². The minimum absolute atomic E-state index is 0.0729. The van der Waals surface area contributed by atoms with Gasteiger partial charge in [-0.1, -0.05) is 27.7 Å². The maximum atomic E-state index is 12.4. The third kappa shape index (κ3) is 7.93. The van der Waals surface area contributed by atoms with E-state index >= 15 is 0 Å². The molecule has 0 aromatic rings. The molecule has 0 spiro atoms. The quantitative estimate of drug-likeness (QED) is 0.727. The minimum atomic E-state index is -4.12. The van der Waals surface area contributed by atoms with Crippen LogP contribution in [0, 0.1) is 11.8 Å². The summed E-state index contributed by atoms with van der Waals surface area (Å²) in [4.78, 5) is 1.49. The summed E-state index contributed by atoms with van der Waals surface area (Å²) in [5.41, 5.74) is 0. The summed E-state index contributed by atoms with van der Waals surface area (Å²) < 4.78 is 37.3. The van der Waals surface area contributed by atoms with Crippen LogP contribution in [0.4, 0.5) is 13.2 Å². The first kappa shape index (κ1) is 17.7. The van der Waals surface area contributed by atoms with E-state index in [-0.39, 0.29) is 12.0 Å². The van der Waals surface area contributed by atoms with E-state index in [1.165, 1.54) is 4.90 Å². The van der Waals surface area contributed by atoms with E-state index in [1.807, 2.05) is 13.8 Å². The minimum Gasteiger partial charge on any atom is -0.316 e. The predicted octanol–water partition coefficient (Wildman–Crippen LogP) is 3.14. The Bertz CT molecular complexity index is 217. The molecule has 2 atom stereocenters. The topological polar surface area (TPSA) is 15.3 Å². The molecule has 0 heterocycles. The molecule has 0 aliphatic carbocycles. The van der Waals surface area contributed by atoms with Gasteiger partial charge < -0.3 is 5.32 Å². The van der Waals surface area contributed by atoms with Gasteiger partial charge >= 0.3 is 6.18 Å². The van der Waals surface area contributed by atoms with Crippen molar-refractivity contribution >= 4 is 0 Å². The van der Waals surface area contributed by atoms with E-state index in [1.54, 1.807) is 6.92 Å². The molecule has 2 unspecified atom stereocenters. The zero-order valence-corrected chi connectivity index (χ0v) is 12.1. The molecule has 0 radical (unpaired) electrons. The van der Waals surface area contributed by atoms with Crippen molar-refractivity contribution in [1.82, 2.24) is 10.2 Å². The number of hydrogen-bond donors (Lipinski definition) is 1. The summed E-state index contributed by atoms with van der Waals surface area (Å²) in [6, 6.07) is -0.0729. The average molecular weight is 268 g/mol. The Morgan fingerprint density at radius 1 is 1.06 bits per heavy atom. The lowest BCUT2D eigenvalue weighted by atomic mass is 10.0. The zero-order chi connectivity index (χ0) is 14.3. The molecule has 0 saturated heterocycles. The van der Waals surface area contributed by atoms with Crippen LogP contribution in [0.25, 0.3) is 0 Å². The number of nitrogens with zero attached hydrogens (tertiary/aromatic N) is 1. The lowest BCUT2D eigenvalue weighted by Gasteiger charge is -2.33. The summed E-state index contributed by atoms with van der Waals surface area (Å²) in [5.74, 6) is 0.760. The Kier molecular flexibility index (Phi) is 7.87. The van der Waals surface area contributed by atoms with Gasteiger partial charge in [0.25, 0.3) is 0 Å². The fourth-order valence-electron chi connectivity index (χ4n) is 1.90. The largest absolute Gasteiger partial charge is 0.401 e. The zero-order valence-electron chi connectivity index (χ0n) is 12.1. The number of alkyl halides is 3. The van der Waals surface area contributed by atoms with E-state index < -0.39 is 12.7 Å². The number of halogens is 3. The molecular formula is C13H27F3N2. The Balaban J connectivity index is 4.18. The van der Waals surface area contributed by atoms with Crippen LogP contribution in [-0.4, -0.2) is 43.3 Å². The van der Waals surface area contributed by atoms with Crippen LogP contribution in [-0.2, 0) is 0 Å². The van der Waals surface area contributed by atoms with Crippen molar-refractivity contribution in [1.29, 1.82) is 0 Å². The lowest BCUT2D eigenvalue weighted by Crippen LogP contribution is -2.45. The van der Waals surface area contributed by atoms with Crippen LogP contribution in [0.15, 0.2) is 0 Å². The van der Waals surface area contributed by atoms with Gasteiger partial charge in [0.05, 0.1) is 6.54 Å². The standard InChI is InChI=1S/C13H27F3N2/c1-6-18(9-13(14,15)16)12(5)11(4)8-17-7-10(2)3/h10-12,17H,6-9H2,1-5H3. The highest BCUT2D eigenvalue weighted by molar-refractivity contribution is 4.76. The Labute approximate surface area is 109 Å². The van der Waals surface area contributed by atoms with Gasteiger partial charge in [-0.25, -0.2) is 0 Å². The first-order chi connectivity index (χ1) is 8.17. The monoisotopic (exact) mass is 268 g/mol. The molecule has 0 rings (SSSR count). The van der Waals surface area contributed by atoms with Gasteiger partial charge in [0.2, 0.25) is 0 Å². The maximum Gasteiger partial charge on any atom is 0.401 e. The molecular weight excluding hydrogens is 241 g/mol. The molecule has 0 aromatic heterocycles. The van der Waals surface area contributed by atoms with Crippen molar-refractivity contribution in [3.05, 3.63) is 0 Å². The predicted molar refractivity (Wildman–Crippen MR) is 69.6 cm³/mol. The van der Waals surface area contributed by atoms with Crippen molar-refractivity contribution in [2.45, 2.75) is 46.8 Å². The molecule has 18 heavy (non-hydrogen) atoms. The molecule has 0 aliphatic rings. The van der Waals surface area contributed by atoms with Gasteiger partial charge in [-0.15, -0.1) is 0 Å². The van der Waals surface area contributed by atoms with Crippen molar-refractivity contribution in [3.8, 4) is 0 Å². The van der Waals surface area contributed by atoms with Gasteiger partial charge in [-0.05, 0) is 38.4 Å². The highest BCUT2D eigenvalue weighted by Crippen LogP contribution is 2.20. The first-order valence-corrected chi connectivity index (χ1v) is 6.68. The second-order valence-corrected chi connectivity index (χ2v) is 5.45. The third-order valence-corrected chi connectivity index (χ3v) is 3.21. The average Bonchev–Trinajstić information content (AvgIpc) is 2.23. The summed E-state index contributed by atoms with van der Waals surface area (Å²) in [5, 5.41) is 3.30. The second kappa shape index (κ2) is 8.00. The van der Waals surface area contributed by atoms with E-state index in [0.717, 1.165) is 13.1 Å². The summed E-state index contributed by atoms with van der Waals surface area (Å²) in [6.45, 7) is 11.1. The Morgan fingerprint density at radius 2 is 1.61 bits per heavy atom. The van der Waals surface area contributed by atoms with Gasteiger partial charge in [-0.3, -0.25) is 4.90 Å². The highest BCUT2D eigenvalue weighted by atomic mass is 19.4. The Morgan fingerprint density at radius 3 is 2.00 bits per heavy atom. The van der Waals surface area contributed by atoms with E-state index in [4.69, 9.17) is 0 Å². The lowest BCUT2D eigenvalue weighted by molar-refractivity contribution is -0.151. The molecule has 2 nitrogen and oxygen atoms in total. The van der Waals surface area contributed by atoms with Crippen molar-refractivity contribution < 1.29 is 13.2 Å². The van der Waals surface area contributed by atoms with Crippen molar-refractivity contribution in [2.75, 3.05) is 26.2 Å². The van der Waals surface area contributed by atoms with Crippen LogP contribution >= 0.6 is 0 Å². The Hall–Kier alpha value is -0.290. The second-order valence-electron chi connectivity index (χ2n) is 5.45. The van der Waals surface area contributed by atoms with Gasteiger partial charge in [0.1, 0.15) is 0 Å². The van der Waals surface area contributed by atoms with Crippen molar-refractivity contribution in [3.63, 3.8) is 0 Å². The highest BCUT2D eigenvalue weighted by Gasteiger charge is 2.33. The normalized spacial score (nSPS) is 16.3. The van der Waals surface area contributed by atoms with Gasteiger partial charge in [0.15, 0.2) is 0 Å². The van der Waals surface area contributed by atoms with E-state index in [0.29, 0.717) is 12.5 Å². The van der Waals surface area contributed by atoms with Crippen LogP contribution in [0.5, 0.6) is 0 Å².